The maximum absolute atomic E-state index is 14.7. The van der Waals surface area contributed by atoms with E-state index in [9.17, 15) is 33.6 Å². The third kappa shape index (κ3) is 12.5. The summed E-state index contributed by atoms with van der Waals surface area (Å²) in [5.41, 5.74) is 0.762. The quantitative estimate of drug-likeness (QED) is 0.160. The molecule has 3 aliphatic rings. The normalized spacial score (nSPS) is 20.7. The highest BCUT2D eigenvalue weighted by Crippen LogP contribution is 2.32. The summed E-state index contributed by atoms with van der Waals surface area (Å²) in [6.45, 7) is 22.4. The van der Waals surface area contributed by atoms with Crippen LogP contribution in [0.5, 0.6) is 0 Å². The number of benzene rings is 1. The third-order valence-corrected chi connectivity index (χ3v) is 11.5. The fourth-order valence-electron chi connectivity index (χ4n) is 7.75. The van der Waals surface area contributed by atoms with Crippen LogP contribution in [0.3, 0.4) is 0 Å². The van der Waals surface area contributed by atoms with E-state index in [1.807, 2.05) is 52.0 Å². The van der Waals surface area contributed by atoms with Crippen molar-refractivity contribution in [3.05, 3.63) is 48.0 Å². The van der Waals surface area contributed by atoms with Gasteiger partial charge in [-0.3, -0.25) is 24.0 Å². The van der Waals surface area contributed by atoms with E-state index >= 15 is 0 Å². The van der Waals surface area contributed by atoms with Crippen LogP contribution in [0.4, 0.5) is 9.59 Å². The van der Waals surface area contributed by atoms with E-state index in [4.69, 9.17) is 4.74 Å². The first-order valence-corrected chi connectivity index (χ1v) is 21.0. The Kier molecular flexibility index (Phi) is 15.4. The van der Waals surface area contributed by atoms with Gasteiger partial charge in [-0.05, 0) is 46.6 Å². The Hall–Kier alpha value is -4.95. The Labute approximate surface area is 349 Å². The average molecular weight is 822 g/mol. The van der Waals surface area contributed by atoms with E-state index in [0.717, 1.165) is 17.5 Å². The summed E-state index contributed by atoms with van der Waals surface area (Å²) in [4.78, 5) is 99.9. The van der Waals surface area contributed by atoms with E-state index < -0.39 is 76.7 Å². The molecule has 15 heteroatoms. The number of fused-ring (bicyclic) bond motifs is 1. The number of ether oxygens (including phenoxy) is 1. The van der Waals surface area contributed by atoms with Crippen LogP contribution in [0.25, 0.3) is 0 Å². The van der Waals surface area contributed by atoms with Crippen molar-refractivity contribution in [3.8, 4) is 0 Å². The van der Waals surface area contributed by atoms with Crippen LogP contribution in [-0.2, 0) is 41.7 Å². The van der Waals surface area contributed by atoms with Crippen LogP contribution in [-0.4, -0.2) is 119 Å². The molecule has 326 valence electrons. The van der Waals surface area contributed by atoms with Crippen molar-refractivity contribution >= 4 is 41.5 Å². The third-order valence-electron chi connectivity index (χ3n) is 11.5. The number of ketones is 1. The molecule has 5 atom stereocenters. The maximum Gasteiger partial charge on any atom is 0.410 e. The molecule has 7 amide bonds. The van der Waals surface area contributed by atoms with Gasteiger partial charge in [-0.15, -0.1) is 6.58 Å². The van der Waals surface area contributed by atoms with Gasteiger partial charge in [-0.2, -0.15) is 0 Å². The molecule has 0 aromatic heterocycles. The molecule has 0 bridgehead atoms. The molecule has 0 radical (unpaired) electrons. The lowest BCUT2D eigenvalue weighted by atomic mass is 9.81. The molecule has 15 nitrogen and oxygen atoms in total. The second-order valence-corrected chi connectivity index (χ2v) is 19.2. The SMILES string of the molecule is C=CCNC(=O)C(=O)C(CCC)NC(=O)[C@@H]1C[C@@H](OC(=O)N2CCc3ccccc3C2)CN1C(=O)[C@@H](NC(=O)N[C@H](CN1CCC(C)(C)CC1=O)C(C)(C)C)C(C)(C)C. The maximum atomic E-state index is 14.7. The number of nitrogens with zero attached hydrogens (tertiary/aromatic N) is 3. The smallest absolute Gasteiger partial charge is 0.410 e. The molecule has 4 rings (SSSR count). The first-order valence-electron chi connectivity index (χ1n) is 21.0. The molecule has 0 spiro atoms. The van der Waals surface area contributed by atoms with Gasteiger partial charge >= 0.3 is 12.1 Å². The highest BCUT2D eigenvalue weighted by molar-refractivity contribution is 6.38. The van der Waals surface area contributed by atoms with Gasteiger partial charge in [0.25, 0.3) is 5.91 Å². The molecule has 0 saturated carbocycles. The van der Waals surface area contributed by atoms with Gasteiger partial charge in [0, 0.05) is 45.6 Å². The average Bonchev–Trinajstić information content (AvgIpc) is 3.58. The summed E-state index contributed by atoms with van der Waals surface area (Å²) in [7, 11) is 0. The highest BCUT2D eigenvalue weighted by atomic mass is 16.6. The van der Waals surface area contributed by atoms with Crippen molar-refractivity contribution in [2.75, 3.05) is 32.7 Å². The number of urea groups is 1. The Morgan fingerprint density at radius 2 is 1.64 bits per heavy atom. The molecule has 59 heavy (non-hydrogen) atoms. The van der Waals surface area contributed by atoms with Crippen LogP contribution >= 0.6 is 0 Å². The van der Waals surface area contributed by atoms with Gasteiger partial charge in [0.15, 0.2) is 0 Å². The summed E-state index contributed by atoms with van der Waals surface area (Å²) < 4.78 is 5.98. The van der Waals surface area contributed by atoms with E-state index in [2.05, 4.69) is 41.7 Å². The second-order valence-electron chi connectivity index (χ2n) is 19.2. The minimum Gasteiger partial charge on any atom is -0.444 e. The molecule has 1 aromatic rings. The standard InChI is InChI=1S/C44H67N7O8/c1-11-15-31(35(53)38(55)45-20-12-2)46-37(54)32-23-30(59-41(58)50-21-18-28-16-13-14-17-29(28)25-50)26-51(32)39(56)36(43(6,7)8)48-40(57)47-33(42(3,4)5)27-49-22-19-44(9,10)24-34(49)52/h12-14,16-17,30-33,36H,2,11,15,18-27H2,1,3-10H3,(H,45,55)(H,46,54)(H2,47,48,57)/t30-,31?,32+,33-,36-/m1/s1. The molecule has 0 aliphatic carbocycles. The van der Waals surface area contributed by atoms with Crippen molar-refractivity contribution in [3.63, 3.8) is 0 Å². The minimum absolute atomic E-state index is 0.0273. The van der Waals surface area contributed by atoms with Crippen molar-refractivity contribution in [2.45, 2.75) is 138 Å². The van der Waals surface area contributed by atoms with Crippen molar-refractivity contribution in [1.29, 1.82) is 0 Å². The summed E-state index contributed by atoms with van der Waals surface area (Å²) in [6, 6.07) is 3.27. The predicted octanol–water partition coefficient (Wildman–Crippen LogP) is 4.08. The number of rotatable bonds is 14. The zero-order valence-electron chi connectivity index (χ0n) is 36.6. The zero-order chi connectivity index (χ0) is 43.9. The zero-order valence-corrected chi connectivity index (χ0v) is 36.6. The molecule has 4 N–H and O–H groups in total. The van der Waals surface area contributed by atoms with E-state index in [1.165, 1.54) is 11.0 Å². The molecule has 2 saturated heterocycles. The van der Waals surface area contributed by atoms with Crippen LogP contribution in [0.1, 0.15) is 106 Å². The molecular formula is C44H67N7O8. The van der Waals surface area contributed by atoms with Crippen LogP contribution in [0.2, 0.25) is 0 Å². The highest BCUT2D eigenvalue weighted by Gasteiger charge is 2.47. The van der Waals surface area contributed by atoms with Crippen molar-refractivity contribution in [1.82, 2.24) is 36.0 Å². The minimum atomic E-state index is -1.20. The van der Waals surface area contributed by atoms with E-state index in [-0.39, 0.29) is 37.3 Å². The Morgan fingerprint density at radius 3 is 2.25 bits per heavy atom. The Bertz CT molecular complexity index is 1750. The lowest BCUT2D eigenvalue weighted by Gasteiger charge is -2.41. The molecule has 1 unspecified atom stereocenters. The first kappa shape index (κ1) is 46.7. The van der Waals surface area contributed by atoms with Crippen LogP contribution in [0, 0.1) is 16.2 Å². The number of carbonyl (C=O) groups excluding carboxylic acids is 7. The number of amides is 7. The number of hydrogen-bond acceptors (Lipinski definition) is 8. The second kappa shape index (κ2) is 19.4. The van der Waals surface area contributed by atoms with Crippen molar-refractivity contribution < 1.29 is 38.3 Å². The van der Waals surface area contributed by atoms with E-state index in [0.29, 0.717) is 45.4 Å². The first-order chi connectivity index (χ1) is 27.5. The molecule has 1 aromatic carbocycles. The predicted molar refractivity (Wildman–Crippen MR) is 224 cm³/mol. The van der Waals surface area contributed by atoms with E-state index in [1.54, 1.807) is 30.6 Å². The Morgan fingerprint density at radius 1 is 0.966 bits per heavy atom. The van der Waals surface area contributed by atoms with Gasteiger partial charge in [0.1, 0.15) is 18.2 Å². The van der Waals surface area contributed by atoms with Crippen LogP contribution < -0.4 is 21.3 Å². The number of piperidine rings is 1. The summed E-state index contributed by atoms with van der Waals surface area (Å²) in [5.74, 6) is -2.95. The number of nitrogens with one attached hydrogen (secondary N) is 4. The Balaban J connectivity index is 1.57. The van der Waals surface area contributed by atoms with Gasteiger partial charge in [-0.25, -0.2) is 9.59 Å². The fourth-order valence-corrected chi connectivity index (χ4v) is 7.75. The fraction of sp³-hybridized carbons (Fsp3) is 0.659. The van der Waals surface area contributed by atoms with Gasteiger partial charge in [0.2, 0.25) is 23.5 Å². The number of hydrogen-bond donors (Lipinski definition) is 4. The largest absolute Gasteiger partial charge is 0.444 e. The molecule has 3 heterocycles. The van der Waals surface area contributed by atoms with Gasteiger partial charge in [0.05, 0.1) is 18.6 Å². The monoisotopic (exact) mass is 822 g/mol. The number of Topliss-reactive ketones (excluding diaryl/α,β-unsaturated/α-hetero) is 1. The number of carbonyl (C=O) groups is 7. The lowest BCUT2D eigenvalue weighted by Crippen LogP contribution is -2.62. The molecular weight excluding hydrogens is 755 g/mol. The lowest BCUT2D eigenvalue weighted by molar-refractivity contribution is -0.143. The van der Waals surface area contributed by atoms with Gasteiger partial charge < -0.3 is 40.7 Å². The van der Waals surface area contributed by atoms with Crippen LogP contribution in [0.15, 0.2) is 36.9 Å². The topological polar surface area (TPSA) is 187 Å². The summed E-state index contributed by atoms with van der Waals surface area (Å²) in [6.07, 6.45) is 2.45. The van der Waals surface area contributed by atoms with Gasteiger partial charge in [-0.1, -0.05) is 99.1 Å². The summed E-state index contributed by atoms with van der Waals surface area (Å²) >= 11 is 0. The van der Waals surface area contributed by atoms with Crippen molar-refractivity contribution in [2.24, 2.45) is 16.2 Å². The molecule has 3 aliphatic heterocycles. The number of likely N-dealkylation sites (tertiary alicyclic amines) is 2. The molecule has 2 fully saturated rings. The summed E-state index contributed by atoms with van der Waals surface area (Å²) in [5, 5.41) is 11.1.